The Kier molecular flexibility index (Phi) is 3.62. The number of Topliss-reactive ketones (excluding diaryl/α,β-unsaturated/α-hetero) is 1. The minimum absolute atomic E-state index is 0.144. The van der Waals surface area contributed by atoms with Crippen LogP contribution in [0.25, 0.3) is 0 Å². The van der Waals surface area contributed by atoms with Gasteiger partial charge in [-0.05, 0) is 37.9 Å². The van der Waals surface area contributed by atoms with Gasteiger partial charge in [0.1, 0.15) is 0 Å². The van der Waals surface area contributed by atoms with Gasteiger partial charge in [0.25, 0.3) is 0 Å². The fourth-order valence-corrected chi connectivity index (χ4v) is 1.99. The number of carbonyl (C=O) groups is 1. The van der Waals surface area contributed by atoms with E-state index in [1.165, 1.54) is 12.8 Å². The van der Waals surface area contributed by atoms with Crippen molar-refractivity contribution in [1.29, 1.82) is 0 Å². The number of benzene rings is 1. The topological polar surface area (TPSA) is 20.3 Å². The molecule has 0 radical (unpaired) electrons. The van der Waals surface area contributed by atoms with Crippen molar-refractivity contribution in [3.63, 3.8) is 0 Å². The van der Waals surface area contributed by atoms with E-state index >= 15 is 0 Å². The van der Waals surface area contributed by atoms with Gasteiger partial charge in [0, 0.05) is 17.1 Å². The van der Waals surface area contributed by atoms with Crippen molar-refractivity contribution in [3.05, 3.63) is 34.9 Å². The summed E-state index contributed by atoms with van der Waals surface area (Å²) in [5, 5.41) is 0.621. The van der Waals surface area contributed by atoms with E-state index < -0.39 is 0 Å². The predicted molar refractivity (Wildman–Crippen MR) is 66.0 cm³/mol. The molecule has 2 nitrogen and oxygen atoms in total. The maximum Gasteiger partial charge on any atom is 0.176 e. The van der Waals surface area contributed by atoms with Crippen LogP contribution in [-0.2, 0) is 0 Å². The van der Waals surface area contributed by atoms with Crippen molar-refractivity contribution in [2.24, 2.45) is 5.92 Å². The second-order valence-electron chi connectivity index (χ2n) is 4.57. The molecule has 1 aromatic rings. The SMILES string of the molecule is CN(CC(=O)c1cccc(Cl)c1)CC1CC1. The number of halogens is 1. The number of ketones is 1. The summed E-state index contributed by atoms with van der Waals surface area (Å²) in [6.45, 7) is 1.52. The fourth-order valence-electron chi connectivity index (χ4n) is 1.80. The molecule has 1 aliphatic rings. The predicted octanol–water partition coefficient (Wildman–Crippen LogP) is 2.86. The summed E-state index contributed by atoms with van der Waals surface area (Å²) in [4.78, 5) is 14.0. The Bertz CT molecular complexity index is 387. The van der Waals surface area contributed by atoms with Crippen LogP contribution in [0.3, 0.4) is 0 Å². The summed E-state index contributed by atoms with van der Waals surface area (Å²) in [5.74, 6) is 0.961. The number of likely N-dealkylation sites (N-methyl/N-ethyl adjacent to an activating group) is 1. The Labute approximate surface area is 101 Å². The molecule has 0 heterocycles. The van der Waals surface area contributed by atoms with E-state index in [-0.39, 0.29) is 5.78 Å². The zero-order valence-electron chi connectivity index (χ0n) is 9.45. The van der Waals surface area contributed by atoms with Crippen molar-refractivity contribution in [1.82, 2.24) is 4.90 Å². The Morgan fingerprint density at radius 3 is 2.88 bits per heavy atom. The van der Waals surface area contributed by atoms with Crippen molar-refractivity contribution < 1.29 is 4.79 Å². The monoisotopic (exact) mass is 237 g/mol. The standard InChI is InChI=1S/C13H16ClNO/c1-15(8-10-5-6-10)9-13(16)11-3-2-4-12(14)7-11/h2-4,7,10H,5-6,8-9H2,1H3. The highest BCUT2D eigenvalue weighted by Crippen LogP contribution is 2.29. The van der Waals surface area contributed by atoms with Gasteiger partial charge in [-0.3, -0.25) is 9.69 Å². The molecule has 1 aromatic carbocycles. The minimum atomic E-state index is 0.144. The van der Waals surface area contributed by atoms with Crippen LogP contribution in [0, 0.1) is 5.92 Å². The van der Waals surface area contributed by atoms with Crippen LogP contribution in [0.5, 0.6) is 0 Å². The fraction of sp³-hybridized carbons (Fsp3) is 0.462. The van der Waals surface area contributed by atoms with Crippen molar-refractivity contribution >= 4 is 17.4 Å². The number of nitrogens with zero attached hydrogens (tertiary/aromatic N) is 1. The summed E-state index contributed by atoms with van der Waals surface area (Å²) < 4.78 is 0. The van der Waals surface area contributed by atoms with Gasteiger partial charge < -0.3 is 0 Å². The summed E-state index contributed by atoms with van der Waals surface area (Å²) in [5.41, 5.74) is 0.704. The molecule has 3 heteroatoms. The molecule has 0 aliphatic heterocycles. The molecular weight excluding hydrogens is 222 g/mol. The normalized spacial score (nSPS) is 15.4. The first-order valence-corrected chi connectivity index (χ1v) is 6.00. The van der Waals surface area contributed by atoms with Gasteiger partial charge in [-0.25, -0.2) is 0 Å². The van der Waals surface area contributed by atoms with E-state index in [9.17, 15) is 4.79 Å². The summed E-state index contributed by atoms with van der Waals surface area (Å²) in [7, 11) is 2.00. The number of rotatable bonds is 5. The average molecular weight is 238 g/mol. The van der Waals surface area contributed by atoms with Crippen LogP contribution in [-0.4, -0.2) is 30.8 Å². The largest absolute Gasteiger partial charge is 0.299 e. The van der Waals surface area contributed by atoms with E-state index in [4.69, 9.17) is 11.6 Å². The van der Waals surface area contributed by atoms with Gasteiger partial charge in [-0.15, -0.1) is 0 Å². The average Bonchev–Trinajstić information content (AvgIpc) is 3.01. The maximum absolute atomic E-state index is 11.9. The molecule has 0 spiro atoms. The van der Waals surface area contributed by atoms with Crippen molar-refractivity contribution in [3.8, 4) is 0 Å². The van der Waals surface area contributed by atoms with E-state index in [1.807, 2.05) is 19.2 Å². The first-order chi connectivity index (χ1) is 7.65. The van der Waals surface area contributed by atoms with Gasteiger partial charge in [-0.1, -0.05) is 23.7 Å². The third kappa shape index (κ3) is 3.32. The molecule has 0 N–H and O–H groups in total. The molecule has 86 valence electrons. The zero-order chi connectivity index (χ0) is 11.5. The molecule has 0 aromatic heterocycles. The van der Waals surface area contributed by atoms with Gasteiger partial charge in [0.2, 0.25) is 0 Å². The number of hydrogen-bond donors (Lipinski definition) is 0. The second kappa shape index (κ2) is 4.98. The number of carbonyl (C=O) groups excluding carboxylic acids is 1. The highest BCUT2D eigenvalue weighted by molar-refractivity contribution is 6.31. The highest BCUT2D eigenvalue weighted by atomic mass is 35.5. The summed E-state index contributed by atoms with van der Waals surface area (Å²) >= 11 is 5.85. The molecule has 1 aliphatic carbocycles. The molecule has 2 rings (SSSR count). The van der Waals surface area contributed by atoms with Gasteiger partial charge in [0.05, 0.1) is 6.54 Å². The van der Waals surface area contributed by atoms with Crippen LogP contribution in [0.1, 0.15) is 23.2 Å². The molecule has 0 saturated heterocycles. The molecular formula is C13H16ClNO. The first kappa shape index (κ1) is 11.6. The Morgan fingerprint density at radius 2 is 2.25 bits per heavy atom. The maximum atomic E-state index is 11.9. The van der Waals surface area contributed by atoms with Crippen LogP contribution in [0.4, 0.5) is 0 Å². The summed E-state index contributed by atoms with van der Waals surface area (Å²) in [6.07, 6.45) is 2.63. The van der Waals surface area contributed by atoms with E-state index in [0.717, 1.165) is 12.5 Å². The lowest BCUT2D eigenvalue weighted by Crippen LogP contribution is -2.27. The van der Waals surface area contributed by atoms with E-state index in [1.54, 1.807) is 12.1 Å². The van der Waals surface area contributed by atoms with E-state index in [2.05, 4.69) is 4.90 Å². The first-order valence-electron chi connectivity index (χ1n) is 5.62. The molecule has 1 fully saturated rings. The van der Waals surface area contributed by atoms with E-state index in [0.29, 0.717) is 17.1 Å². The quantitative estimate of drug-likeness (QED) is 0.734. The molecule has 1 saturated carbocycles. The molecule has 0 atom stereocenters. The molecule has 0 unspecified atom stereocenters. The minimum Gasteiger partial charge on any atom is -0.299 e. The summed E-state index contributed by atoms with van der Waals surface area (Å²) in [6, 6.07) is 7.15. The lowest BCUT2D eigenvalue weighted by Gasteiger charge is -2.14. The van der Waals surface area contributed by atoms with Crippen molar-refractivity contribution in [2.45, 2.75) is 12.8 Å². The van der Waals surface area contributed by atoms with Gasteiger partial charge in [0.15, 0.2) is 5.78 Å². The number of hydrogen-bond acceptors (Lipinski definition) is 2. The van der Waals surface area contributed by atoms with Crippen LogP contribution in [0.15, 0.2) is 24.3 Å². The zero-order valence-corrected chi connectivity index (χ0v) is 10.2. The molecule has 16 heavy (non-hydrogen) atoms. The molecule has 0 amide bonds. The Hall–Kier alpha value is -0.860. The third-order valence-corrected chi connectivity index (χ3v) is 3.06. The third-order valence-electron chi connectivity index (χ3n) is 2.83. The second-order valence-corrected chi connectivity index (χ2v) is 5.01. The molecule has 0 bridgehead atoms. The van der Waals surface area contributed by atoms with Gasteiger partial charge >= 0.3 is 0 Å². The lowest BCUT2D eigenvalue weighted by molar-refractivity contribution is 0.0944. The Balaban J connectivity index is 1.91. The Morgan fingerprint density at radius 1 is 1.50 bits per heavy atom. The van der Waals surface area contributed by atoms with Crippen LogP contribution >= 0.6 is 11.6 Å². The van der Waals surface area contributed by atoms with Crippen LogP contribution < -0.4 is 0 Å². The van der Waals surface area contributed by atoms with Crippen molar-refractivity contribution in [2.75, 3.05) is 20.1 Å². The lowest BCUT2D eigenvalue weighted by atomic mass is 10.1. The highest BCUT2D eigenvalue weighted by Gasteiger charge is 2.23. The van der Waals surface area contributed by atoms with Gasteiger partial charge in [-0.2, -0.15) is 0 Å². The van der Waals surface area contributed by atoms with Crippen LogP contribution in [0.2, 0.25) is 5.02 Å². The smallest absolute Gasteiger partial charge is 0.176 e.